The Hall–Kier alpha value is -2.80. The van der Waals surface area contributed by atoms with Crippen LogP contribution in [0.1, 0.15) is 16.1 Å². The van der Waals surface area contributed by atoms with Crippen LogP contribution in [0.2, 0.25) is 0 Å². The maximum atomic E-state index is 13.7. The van der Waals surface area contributed by atoms with E-state index in [9.17, 15) is 13.6 Å². The molecule has 0 aliphatic heterocycles. The molecule has 4 nitrogen and oxygen atoms in total. The van der Waals surface area contributed by atoms with E-state index in [4.69, 9.17) is 0 Å². The molecular formula is C18H14F2N2O2S. The molecule has 7 heteroatoms. The fourth-order valence-corrected chi connectivity index (χ4v) is 3.04. The molecule has 1 heterocycles. The zero-order chi connectivity index (χ0) is 18.0. The van der Waals surface area contributed by atoms with Crippen LogP contribution < -0.4 is 10.1 Å². The van der Waals surface area contributed by atoms with Crippen LogP contribution in [0.15, 0.2) is 41.8 Å². The Balaban J connectivity index is 1.79. The number of thiazole rings is 1. The topological polar surface area (TPSA) is 51.2 Å². The van der Waals surface area contributed by atoms with Gasteiger partial charge in [0.05, 0.1) is 7.11 Å². The second-order valence-electron chi connectivity index (χ2n) is 5.33. The van der Waals surface area contributed by atoms with Gasteiger partial charge >= 0.3 is 0 Å². The summed E-state index contributed by atoms with van der Waals surface area (Å²) in [6.07, 6.45) is 0. The first-order chi connectivity index (χ1) is 12.0. The molecule has 128 valence electrons. The van der Waals surface area contributed by atoms with Gasteiger partial charge in [0.2, 0.25) is 0 Å². The molecule has 2 aromatic carbocycles. The highest BCUT2D eigenvalue weighted by Gasteiger charge is 2.16. The number of aromatic nitrogens is 1. The average Bonchev–Trinajstić information content (AvgIpc) is 3.05. The van der Waals surface area contributed by atoms with Crippen molar-refractivity contribution in [1.82, 2.24) is 4.98 Å². The Morgan fingerprint density at radius 3 is 2.40 bits per heavy atom. The van der Waals surface area contributed by atoms with Crippen molar-refractivity contribution < 1.29 is 18.3 Å². The molecule has 0 aliphatic carbocycles. The number of hydrogen-bond acceptors (Lipinski definition) is 4. The second-order valence-corrected chi connectivity index (χ2v) is 6.19. The van der Waals surface area contributed by atoms with Crippen LogP contribution in [0, 0.1) is 18.6 Å². The van der Waals surface area contributed by atoms with Gasteiger partial charge in [0.1, 0.15) is 10.7 Å². The highest BCUT2D eigenvalue weighted by Crippen LogP contribution is 2.27. The minimum atomic E-state index is -0.892. The van der Waals surface area contributed by atoms with Gasteiger partial charge < -0.3 is 10.1 Å². The minimum Gasteiger partial charge on any atom is -0.491 e. The van der Waals surface area contributed by atoms with Gasteiger partial charge in [0.15, 0.2) is 17.4 Å². The van der Waals surface area contributed by atoms with Crippen LogP contribution in [0.4, 0.5) is 14.5 Å². The van der Waals surface area contributed by atoms with Gasteiger partial charge in [0.25, 0.3) is 5.91 Å². The Labute approximate surface area is 147 Å². The highest BCUT2D eigenvalue weighted by molar-refractivity contribution is 7.13. The molecule has 0 fully saturated rings. The van der Waals surface area contributed by atoms with Crippen molar-refractivity contribution in [2.75, 3.05) is 12.4 Å². The van der Waals surface area contributed by atoms with Gasteiger partial charge in [-0.05, 0) is 6.92 Å². The number of methoxy groups -OCH3 is 1. The molecule has 0 saturated heterocycles. The molecule has 0 atom stereocenters. The monoisotopic (exact) mass is 360 g/mol. The molecule has 3 aromatic rings. The normalized spacial score (nSPS) is 10.6. The van der Waals surface area contributed by atoms with Crippen LogP contribution in [0.5, 0.6) is 5.75 Å². The Morgan fingerprint density at radius 1 is 1.16 bits per heavy atom. The van der Waals surface area contributed by atoms with Crippen molar-refractivity contribution >= 4 is 22.9 Å². The van der Waals surface area contributed by atoms with Crippen LogP contribution in [-0.2, 0) is 0 Å². The summed E-state index contributed by atoms with van der Waals surface area (Å²) >= 11 is 1.32. The molecule has 1 amide bonds. The second kappa shape index (κ2) is 6.98. The number of benzene rings is 2. The summed E-state index contributed by atoms with van der Waals surface area (Å²) < 4.78 is 32.0. The van der Waals surface area contributed by atoms with Crippen molar-refractivity contribution in [2.24, 2.45) is 0 Å². The number of rotatable bonds is 4. The summed E-state index contributed by atoms with van der Waals surface area (Å²) in [7, 11) is 1.17. The van der Waals surface area contributed by atoms with Crippen LogP contribution in [0.25, 0.3) is 10.6 Å². The molecule has 1 aromatic heterocycles. The molecule has 0 bridgehead atoms. The Kier molecular flexibility index (Phi) is 4.76. The molecule has 0 radical (unpaired) electrons. The number of ether oxygens (including phenoxy) is 1. The summed E-state index contributed by atoms with van der Waals surface area (Å²) in [4.78, 5) is 16.5. The van der Waals surface area contributed by atoms with Crippen molar-refractivity contribution in [3.8, 4) is 16.3 Å². The third-order valence-corrected chi connectivity index (χ3v) is 4.39. The van der Waals surface area contributed by atoms with Crippen molar-refractivity contribution in [2.45, 2.75) is 6.92 Å². The van der Waals surface area contributed by atoms with Crippen molar-refractivity contribution in [1.29, 1.82) is 0 Å². The Bertz CT molecular complexity index is 900. The van der Waals surface area contributed by atoms with Crippen molar-refractivity contribution in [3.63, 3.8) is 0 Å². The number of nitrogens with zero attached hydrogens (tertiary/aromatic N) is 1. The first-order valence-corrected chi connectivity index (χ1v) is 8.23. The first-order valence-electron chi connectivity index (χ1n) is 7.35. The van der Waals surface area contributed by atoms with E-state index >= 15 is 0 Å². The molecule has 0 saturated carbocycles. The number of hydrogen-bond donors (Lipinski definition) is 1. The smallest absolute Gasteiger partial charge is 0.275 e. The van der Waals surface area contributed by atoms with E-state index in [0.717, 1.165) is 23.3 Å². The predicted octanol–water partition coefficient (Wildman–Crippen LogP) is 4.66. The van der Waals surface area contributed by atoms with Gasteiger partial charge in [-0.15, -0.1) is 11.3 Å². The number of anilines is 1. The lowest BCUT2D eigenvalue weighted by molar-refractivity contribution is 0.102. The number of carbonyl (C=O) groups is 1. The maximum absolute atomic E-state index is 13.7. The number of carbonyl (C=O) groups excluding carboxylic acids is 1. The summed E-state index contributed by atoms with van der Waals surface area (Å²) in [5, 5.41) is 4.72. The van der Waals surface area contributed by atoms with Gasteiger partial charge in [0, 0.05) is 28.8 Å². The zero-order valence-electron chi connectivity index (χ0n) is 13.5. The minimum absolute atomic E-state index is 0.00862. The molecule has 0 spiro atoms. The van der Waals surface area contributed by atoms with E-state index in [1.807, 2.05) is 31.2 Å². The zero-order valence-corrected chi connectivity index (χ0v) is 14.3. The molecule has 1 N–H and O–H groups in total. The largest absolute Gasteiger partial charge is 0.491 e. The summed E-state index contributed by atoms with van der Waals surface area (Å²) in [5.41, 5.74) is 2.20. The maximum Gasteiger partial charge on any atom is 0.275 e. The fraction of sp³-hybridized carbons (Fsp3) is 0.111. The number of amides is 1. The van der Waals surface area contributed by atoms with E-state index in [0.29, 0.717) is 5.01 Å². The van der Waals surface area contributed by atoms with Gasteiger partial charge in [-0.1, -0.05) is 29.8 Å². The molecular weight excluding hydrogens is 346 g/mol. The fourth-order valence-electron chi connectivity index (χ4n) is 2.23. The third-order valence-electron chi connectivity index (χ3n) is 3.50. The lowest BCUT2D eigenvalue weighted by atomic mass is 10.2. The number of nitrogens with one attached hydrogen (secondary N) is 1. The van der Waals surface area contributed by atoms with E-state index < -0.39 is 23.3 Å². The molecule has 0 unspecified atom stereocenters. The lowest BCUT2D eigenvalue weighted by Gasteiger charge is -2.07. The van der Waals surface area contributed by atoms with Gasteiger partial charge in [-0.2, -0.15) is 0 Å². The van der Waals surface area contributed by atoms with E-state index in [-0.39, 0.29) is 11.4 Å². The quantitative estimate of drug-likeness (QED) is 0.736. The molecule has 0 aliphatic rings. The first kappa shape index (κ1) is 17.0. The van der Waals surface area contributed by atoms with E-state index in [2.05, 4.69) is 15.0 Å². The standard InChI is InChI=1S/C18H14F2N2O2S/c1-10-3-5-11(6-4-10)18-22-15(9-25-18)17(23)21-12-7-13(19)16(24-2)14(20)8-12/h3-9H,1-2H3,(H,21,23). The molecule has 3 rings (SSSR count). The van der Waals surface area contributed by atoms with Gasteiger partial charge in [-0.25, -0.2) is 13.8 Å². The van der Waals surface area contributed by atoms with Crippen LogP contribution in [-0.4, -0.2) is 18.0 Å². The van der Waals surface area contributed by atoms with E-state index in [1.54, 1.807) is 5.38 Å². The summed E-state index contributed by atoms with van der Waals surface area (Å²) in [6, 6.07) is 9.74. The van der Waals surface area contributed by atoms with Gasteiger partial charge in [-0.3, -0.25) is 4.79 Å². The van der Waals surface area contributed by atoms with Crippen molar-refractivity contribution in [3.05, 3.63) is 64.7 Å². The highest BCUT2D eigenvalue weighted by atomic mass is 32.1. The summed E-state index contributed by atoms with van der Waals surface area (Å²) in [5.74, 6) is -2.82. The summed E-state index contributed by atoms with van der Waals surface area (Å²) in [6.45, 7) is 1.98. The predicted molar refractivity (Wildman–Crippen MR) is 93.2 cm³/mol. The lowest BCUT2D eigenvalue weighted by Crippen LogP contribution is -2.13. The SMILES string of the molecule is COc1c(F)cc(NC(=O)c2csc(-c3ccc(C)cc3)n2)cc1F. The average molecular weight is 360 g/mol. The third kappa shape index (κ3) is 3.66. The van der Waals surface area contributed by atoms with E-state index in [1.165, 1.54) is 18.4 Å². The number of halogens is 2. The van der Waals surface area contributed by atoms with Crippen LogP contribution in [0.3, 0.4) is 0 Å². The van der Waals surface area contributed by atoms with Crippen LogP contribution >= 0.6 is 11.3 Å². The Morgan fingerprint density at radius 2 is 1.80 bits per heavy atom. The molecule has 25 heavy (non-hydrogen) atoms. The number of aryl methyl sites for hydroxylation is 1.